The van der Waals surface area contributed by atoms with Gasteiger partial charge in [-0.1, -0.05) is 30.3 Å². The maximum atomic E-state index is 13.5. The van der Waals surface area contributed by atoms with Crippen molar-refractivity contribution < 1.29 is 22.7 Å². The number of piperidine rings is 1. The van der Waals surface area contributed by atoms with Crippen molar-refractivity contribution >= 4 is 27.5 Å². The minimum Gasteiger partial charge on any atom is -0.479 e. The Bertz CT molecular complexity index is 1150. The number of anilines is 1. The van der Waals surface area contributed by atoms with Crippen LogP contribution in [0.2, 0.25) is 0 Å². The highest BCUT2D eigenvalue weighted by Crippen LogP contribution is 2.36. The first-order chi connectivity index (χ1) is 15.8. The normalized spacial score (nSPS) is 21.0. The molecular formula is C24H29N3O5S. The van der Waals surface area contributed by atoms with Crippen molar-refractivity contribution in [3.05, 3.63) is 53.6 Å². The van der Waals surface area contributed by atoms with Crippen LogP contribution in [0, 0.1) is 12.8 Å². The molecule has 176 valence electrons. The zero-order chi connectivity index (χ0) is 23.6. The number of nitrogens with one attached hydrogen (secondary N) is 2. The summed E-state index contributed by atoms with van der Waals surface area (Å²) >= 11 is 0. The van der Waals surface area contributed by atoms with Gasteiger partial charge in [0, 0.05) is 25.7 Å². The molecular weight excluding hydrogens is 442 g/mol. The Labute approximate surface area is 194 Å². The van der Waals surface area contributed by atoms with Crippen LogP contribution in [-0.2, 0) is 26.0 Å². The minimum atomic E-state index is -3.83. The second kappa shape index (κ2) is 9.52. The van der Waals surface area contributed by atoms with E-state index in [4.69, 9.17) is 4.74 Å². The second-order valence-corrected chi connectivity index (χ2v) is 10.5. The van der Waals surface area contributed by atoms with Gasteiger partial charge in [-0.25, -0.2) is 8.42 Å². The van der Waals surface area contributed by atoms with Gasteiger partial charge in [-0.2, -0.15) is 4.31 Å². The molecule has 2 aromatic carbocycles. The molecule has 33 heavy (non-hydrogen) atoms. The van der Waals surface area contributed by atoms with Crippen molar-refractivity contribution in [1.29, 1.82) is 0 Å². The van der Waals surface area contributed by atoms with Crippen molar-refractivity contribution in [2.75, 3.05) is 25.0 Å². The van der Waals surface area contributed by atoms with E-state index in [2.05, 4.69) is 10.6 Å². The maximum Gasteiger partial charge on any atom is 0.265 e. The number of sulfonamides is 1. The van der Waals surface area contributed by atoms with Crippen LogP contribution >= 0.6 is 0 Å². The highest BCUT2D eigenvalue weighted by Gasteiger charge is 2.35. The van der Waals surface area contributed by atoms with Crippen LogP contribution in [0.3, 0.4) is 0 Å². The highest BCUT2D eigenvalue weighted by molar-refractivity contribution is 7.89. The summed E-state index contributed by atoms with van der Waals surface area (Å²) in [6.07, 6.45) is 1.29. The number of nitrogens with zero attached hydrogens (tertiary/aromatic N) is 1. The molecule has 4 rings (SSSR count). The van der Waals surface area contributed by atoms with Crippen molar-refractivity contribution in [1.82, 2.24) is 9.62 Å². The van der Waals surface area contributed by atoms with Gasteiger partial charge in [-0.15, -0.1) is 0 Å². The molecule has 2 aliphatic heterocycles. The monoisotopic (exact) mass is 471 g/mol. The predicted octanol–water partition coefficient (Wildman–Crippen LogP) is 2.47. The summed E-state index contributed by atoms with van der Waals surface area (Å²) < 4.78 is 33.9. The van der Waals surface area contributed by atoms with Gasteiger partial charge in [0.2, 0.25) is 15.9 Å². The number of carbonyl (C=O) groups is 2. The Kier molecular flexibility index (Phi) is 6.71. The van der Waals surface area contributed by atoms with Crippen LogP contribution in [0.1, 0.15) is 30.9 Å². The molecule has 1 fully saturated rings. The van der Waals surface area contributed by atoms with Crippen molar-refractivity contribution in [2.45, 2.75) is 44.1 Å². The van der Waals surface area contributed by atoms with Gasteiger partial charge >= 0.3 is 0 Å². The van der Waals surface area contributed by atoms with Crippen molar-refractivity contribution in [3.63, 3.8) is 0 Å². The molecule has 0 spiro atoms. The molecule has 0 radical (unpaired) electrons. The van der Waals surface area contributed by atoms with Crippen molar-refractivity contribution in [3.8, 4) is 5.75 Å². The van der Waals surface area contributed by atoms with E-state index in [1.807, 2.05) is 30.3 Å². The molecule has 1 saturated heterocycles. The van der Waals surface area contributed by atoms with Gasteiger partial charge in [0.15, 0.2) is 6.10 Å². The molecule has 0 bridgehead atoms. The number of benzene rings is 2. The van der Waals surface area contributed by atoms with Crippen LogP contribution in [0.15, 0.2) is 47.4 Å². The zero-order valence-corrected chi connectivity index (χ0v) is 19.7. The summed E-state index contributed by atoms with van der Waals surface area (Å²) in [6, 6.07) is 13.0. The van der Waals surface area contributed by atoms with E-state index in [0.29, 0.717) is 42.9 Å². The Hall–Kier alpha value is -2.91. The molecule has 2 aliphatic rings. The fourth-order valence-corrected chi connectivity index (χ4v) is 6.00. The molecule has 2 amide bonds. The lowest BCUT2D eigenvalue weighted by molar-refractivity contribution is -0.126. The van der Waals surface area contributed by atoms with E-state index in [1.54, 1.807) is 19.9 Å². The van der Waals surface area contributed by atoms with Crippen LogP contribution in [0.5, 0.6) is 5.75 Å². The first-order valence-electron chi connectivity index (χ1n) is 11.2. The number of carbonyl (C=O) groups excluding carboxylic acids is 2. The number of aryl methyl sites for hydroxylation is 1. The molecule has 2 heterocycles. The molecule has 0 saturated carbocycles. The number of hydrogen-bond donors (Lipinski definition) is 2. The zero-order valence-electron chi connectivity index (χ0n) is 18.8. The molecule has 0 aliphatic carbocycles. The van der Waals surface area contributed by atoms with E-state index >= 15 is 0 Å². The lowest BCUT2D eigenvalue weighted by Crippen LogP contribution is -2.45. The van der Waals surface area contributed by atoms with Gasteiger partial charge < -0.3 is 15.4 Å². The topological polar surface area (TPSA) is 105 Å². The molecule has 0 aromatic heterocycles. The quantitative estimate of drug-likeness (QED) is 0.674. The van der Waals surface area contributed by atoms with Crippen LogP contribution < -0.4 is 15.4 Å². The second-order valence-electron chi connectivity index (χ2n) is 8.59. The van der Waals surface area contributed by atoms with Crippen LogP contribution in [0.25, 0.3) is 0 Å². The smallest absolute Gasteiger partial charge is 0.265 e. The van der Waals surface area contributed by atoms with Gasteiger partial charge in [-0.3, -0.25) is 9.59 Å². The Morgan fingerprint density at radius 3 is 2.76 bits per heavy atom. The highest BCUT2D eigenvalue weighted by atomic mass is 32.2. The summed E-state index contributed by atoms with van der Waals surface area (Å²) in [4.78, 5) is 24.7. The number of fused-ring (bicyclic) bond motifs is 1. The summed E-state index contributed by atoms with van der Waals surface area (Å²) in [5, 5.41) is 5.69. The minimum absolute atomic E-state index is 0.118. The lowest BCUT2D eigenvalue weighted by Gasteiger charge is -2.32. The van der Waals surface area contributed by atoms with Crippen LogP contribution in [-0.4, -0.2) is 50.3 Å². The first-order valence-corrected chi connectivity index (χ1v) is 12.6. The van der Waals surface area contributed by atoms with Crippen LogP contribution in [0.4, 0.5) is 5.69 Å². The number of ether oxygens (including phenoxy) is 1. The fraction of sp³-hybridized carbons (Fsp3) is 0.417. The Morgan fingerprint density at radius 2 is 2.00 bits per heavy atom. The Morgan fingerprint density at radius 1 is 1.24 bits per heavy atom. The lowest BCUT2D eigenvalue weighted by atomic mass is 9.99. The molecule has 0 unspecified atom stereocenters. The average Bonchev–Trinajstić information content (AvgIpc) is 2.80. The SMILES string of the molecule is Cc1cc2c(cc1S(=O)(=O)N1CCC[C@@H](C(=O)NCCc3ccccc3)C1)O[C@H](C)C(=O)N2. The molecule has 2 atom stereocenters. The third kappa shape index (κ3) is 5.04. The number of amides is 2. The van der Waals surface area contributed by atoms with Gasteiger partial charge in [0.25, 0.3) is 5.91 Å². The van der Waals surface area contributed by atoms with E-state index in [0.717, 1.165) is 12.0 Å². The van der Waals surface area contributed by atoms with E-state index < -0.39 is 22.0 Å². The molecule has 2 aromatic rings. The summed E-state index contributed by atoms with van der Waals surface area (Å²) in [6.45, 7) is 4.31. The summed E-state index contributed by atoms with van der Waals surface area (Å²) in [5.41, 5.74) is 2.12. The fourth-order valence-electron chi connectivity index (χ4n) is 4.25. The number of rotatable bonds is 6. The van der Waals surface area contributed by atoms with Gasteiger partial charge in [0.05, 0.1) is 16.5 Å². The largest absolute Gasteiger partial charge is 0.479 e. The average molecular weight is 472 g/mol. The number of hydrogen-bond acceptors (Lipinski definition) is 5. The summed E-state index contributed by atoms with van der Waals surface area (Å²) in [7, 11) is -3.83. The first kappa shape index (κ1) is 23.3. The standard InChI is InChI=1S/C24H29N3O5S/c1-16-13-20-21(32-17(2)23(28)26-20)14-22(16)33(30,31)27-12-6-9-19(15-27)24(29)25-11-10-18-7-4-3-5-8-18/h3-5,7-8,13-14,17,19H,6,9-12,15H2,1-2H3,(H,25,29)(H,26,28)/t17-,19-/m1/s1. The third-order valence-electron chi connectivity index (χ3n) is 6.14. The molecule has 2 N–H and O–H groups in total. The molecule has 8 nitrogen and oxygen atoms in total. The van der Waals surface area contributed by atoms with E-state index in [-0.39, 0.29) is 23.3 Å². The summed E-state index contributed by atoms with van der Waals surface area (Å²) in [5.74, 6) is -0.446. The van der Waals surface area contributed by atoms with E-state index in [9.17, 15) is 18.0 Å². The van der Waals surface area contributed by atoms with Gasteiger partial charge in [-0.05, 0) is 50.3 Å². The van der Waals surface area contributed by atoms with Crippen molar-refractivity contribution in [2.24, 2.45) is 5.92 Å². The third-order valence-corrected chi connectivity index (χ3v) is 8.14. The Balaban J connectivity index is 1.44. The predicted molar refractivity (Wildman–Crippen MR) is 125 cm³/mol. The van der Waals surface area contributed by atoms with Gasteiger partial charge in [0.1, 0.15) is 5.75 Å². The maximum absolute atomic E-state index is 13.5. The molecule has 9 heteroatoms. The van der Waals surface area contributed by atoms with E-state index in [1.165, 1.54) is 10.4 Å².